The molecule has 0 unspecified atom stereocenters. The van der Waals surface area contributed by atoms with Crippen LogP contribution in [0.1, 0.15) is 12.8 Å². The van der Waals surface area contributed by atoms with Crippen molar-refractivity contribution in [2.75, 3.05) is 87.1 Å². The molecular formula is C27H40N3O6+. The van der Waals surface area contributed by atoms with Gasteiger partial charge in [0.25, 0.3) is 0 Å². The molecular weight excluding hydrogens is 462 g/mol. The highest BCUT2D eigenvalue weighted by Gasteiger charge is 2.09. The predicted octanol–water partition coefficient (Wildman–Crippen LogP) is 4.79. The third-order valence-electron chi connectivity index (χ3n) is 5.25. The van der Waals surface area contributed by atoms with E-state index < -0.39 is 0 Å². The maximum atomic E-state index is 5.89. The van der Waals surface area contributed by atoms with E-state index in [-0.39, 0.29) is 0 Å². The number of quaternary nitrogens is 1. The Kier molecular flexibility index (Phi) is 11.9. The number of fused-ring (bicyclic) bond motifs is 1. The van der Waals surface area contributed by atoms with Crippen LogP contribution in [0.2, 0.25) is 0 Å². The van der Waals surface area contributed by atoms with Crippen LogP contribution in [0.3, 0.4) is 0 Å². The van der Waals surface area contributed by atoms with Gasteiger partial charge in [0.05, 0.1) is 85.3 Å². The average Bonchev–Trinajstić information content (AvgIpc) is 2.86. The predicted molar refractivity (Wildman–Crippen MR) is 138 cm³/mol. The summed E-state index contributed by atoms with van der Waals surface area (Å²) in [5.41, 5.74) is 1.41. The summed E-state index contributed by atoms with van der Waals surface area (Å²) >= 11 is 0. The second kappa shape index (κ2) is 15.4. The number of benzene rings is 2. The zero-order valence-electron chi connectivity index (χ0n) is 21.8. The van der Waals surface area contributed by atoms with Crippen LogP contribution in [0.15, 0.2) is 52.7 Å². The number of hydrogen-bond donors (Lipinski definition) is 0. The van der Waals surface area contributed by atoms with E-state index in [0.29, 0.717) is 76.6 Å². The fraction of sp³-hybridized carbons (Fsp3) is 0.556. The molecule has 1 aliphatic rings. The van der Waals surface area contributed by atoms with Gasteiger partial charge in [-0.1, -0.05) is 0 Å². The summed E-state index contributed by atoms with van der Waals surface area (Å²) in [6.07, 6.45) is 2.18. The number of azo groups is 1. The Hall–Kier alpha value is -2.72. The van der Waals surface area contributed by atoms with Crippen molar-refractivity contribution in [2.24, 2.45) is 10.2 Å². The molecule has 2 aromatic rings. The molecule has 0 radical (unpaired) electrons. The van der Waals surface area contributed by atoms with E-state index in [2.05, 4.69) is 31.4 Å². The number of unbranched alkanes of at least 4 members (excludes halogenated alkanes) is 1. The van der Waals surface area contributed by atoms with Crippen LogP contribution >= 0.6 is 0 Å². The lowest BCUT2D eigenvalue weighted by Gasteiger charge is -2.23. The van der Waals surface area contributed by atoms with Gasteiger partial charge in [0.15, 0.2) is 11.5 Å². The molecule has 0 aliphatic carbocycles. The van der Waals surface area contributed by atoms with Gasteiger partial charge in [-0.2, -0.15) is 10.2 Å². The normalized spacial score (nSPS) is 16.3. The van der Waals surface area contributed by atoms with E-state index in [0.717, 1.165) is 35.3 Å². The summed E-state index contributed by atoms with van der Waals surface area (Å²) < 4.78 is 35.0. The first-order valence-electron chi connectivity index (χ1n) is 12.6. The molecule has 1 heterocycles. The molecule has 0 saturated carbocycles. The van der Waals surface area contributed by atoms with Crippen molar-refractivity contribution in [3.05, 3.63) is 42.5 Å². The van der Waals surface area contributed by atoms with E-state index >= 15 is 0 Å². The van der Waals surface area contributed by atoms with Crippen molar-refractivity contribution in [1.82, 2.24) is 0 Å². The minimum Gasteiger partial charge on any atom is -0.494 e. The first kappa shape index (κ1) is 27.9. The molecule has 0 aromatic heterocycles. The van der Waals surface area contributed by atoms with E-state index in [1.54, 1.807) is 0 Å². The lowest BCUT2D eigenvalue weighted by Crippen LogP contribution is -2.35. The van der Waals surface area contributed by atoms with Crippen LogP contribution in [0.25, 0.3) is 0 Å². The quantitative estimate of drug-likeness (QED) is 0.293. The minimum atomic E-state index is 0.393. The number of rotatable bonds is 8. The molecule has 0 amide bonds. The van der Waals surface area contributed by atoms with Crippen LogP contribution in [-0.2, 0) is 14.2 Å². The van der Waals surface area contributed by atoms with E-state index in [1.807, 2.05) is 42.5 Å². The maximum Gasteiger partial charge on any atom is 0.163 e. The summed E-state index contributed by atoms with van der Waals surface area (Å²) in [6.45, 7) is 5.69. The first-order chi connectivity index (χ1) is 17.5. The second-order valence-electron chi connectivity index (χ2n) is 9.43. The van der Waals surface area contributed by atoms with Gasteiger partial charge in [0.1, 0.15) is 19.0 Å². The molecule has 198 valence electrons. The second-order valence-corrected chi connectivity index (χ2v) is 9.43. The summed E-state index contributed by atoms with van der Waals surface area (Å²) in [4.78, 5) is 0. The number of nitrogens with zero attached hydrogens (tertiary/aromatic N) is 3. The smallest absolute Gasteiger partial charge is 0.163 e. The van der Waals surface area contributed by atoms with Gasteiger partial charge >= 0.3 is 0 Å². The van der Waals surface area contributed by atoms with Crippen molar-refractivity contribution in [3.8, 4) is 17.2 Å². The third kappa shape index (κ3) is 11.3. The van der Waals surface area contributed by atoms with Gasteiger partial charge in [-0.25, -0.2) is 0 Å². The van der Waals surface area contributed by atoms with E-state index in [1.165, 1.54) is 0 Å². The van der Waals surface area contributed by atoms with Crippen LogP contribution < -0.4 is 14.2 Å². The Labute approximate surface area is 214 Å². The Balaban J connectivity index is 1.53. The van der Waals surface area contributed by atoms with Crippen LogP contribution in [0.5, 0.6) is 17.2 Å². The van der Waals surface area contributed by atoms with Gasteiger partial charge in [0, 0.05) is 6.07 Å². The largest absolute Gasteiger partial charge is 0.494 e. The maximum absolute atomic E-state index is 5.89. The minimum absolute atomic E-state index is 0.393. The van der Waals surface area contributed by atoms with Crippen LogP contribution in [-0.4, -0.2) is 91.6 Å². The molecule has 0 atom stereocenters. The van der Waals surface area contributed by atoms with Crippen LogP contribution in [0.4, 0.5) is 11.4 Å². The molecule has 1 aliphatic heterocycles. The highest BCUT2D eigenvalue weighted by atomic mass is 16.6. The van der Waals surface area contributed by atoms with Gasteiger partial charge < -0.3 is 32.9 Å². The molecule has 0 N–H and O–H groups in total. The molecule has 2 aromatic carbocycles. The highest BCUT2D eigenvalue weighted by Crippen LogP contribution is 2.33. The van der Waals surface area contributed by atoms with E-state index in [9.17, 15) is 0 Å². The fourth-order valence-electron chi connectivity index (χ4n) is 3.36. The lowest BCUT2D eigenvalue weighted by molar-refractivity contribution is -0.870. The Morgan fingerprint density at radius 2 is 1.22 bits per heavy atom. The van der Waals surface area contributed by atoms with Crippen molar-refractivity contribution in [1.29, 1.82) is 0 Å². The summed E-state index contributed by atoms with van der Waals surface area (Å²) in [5.74, 6) is 2.06. The zero-order chi connectivity index (χ0) is 25.5. The fourth-order valence-corrected chi connectivity index (χ4v) is 3.36. The molecule has 0 fully saturated rings. The topological polar surface area (TPSA) is 80.1 Å². The van der Waals surface area contributed by atoms with Crippen molar-refractivity contribution in [2.45, 2.75) is 12.8 Å². The van der Waals surface area contributed by atoms with Gasteiger partial charge in [-0.15, -0.1) is 0 Å². The Morgan fingerprint density at radius 3 is 1.86 bits per heavy atom. The molecule has 0 spiro atoms. The average molecular weight is 503 g/mol. The standard InChI is InChI=1S/C27H40N3O6/c1-30(2,3)12-4-5-13-34-25-9-6-23(7-10-25)28-29-24-8-11-26-27(22-24)36-21-19-33-17-15-31-14-16-32-18-20-35-26/h6-11,22H,4-5,12-21H2,1-3H3/q+1. The summed E-state index contributed by atoms with van der Waals surface area (Å²) in [5, 5.41) is 8.72. The molecule has 0 saturated heterocycles. The van der Waals surface area contributed by atoms with E-state index in [4.69, 9.17) is 28.4 Å². The zero-order valence-corrected chi connectivity index (χ0v) is 21.8. The Bertz CT molecular complexity index is 915. The van der Waals surface area contributed by atoms with Crippen LogP contribution in [0, 0.1) is 0 Å². The van der Waals surface area contributed by atoms with Crippen molar-refractivity contribution < 1.29 is 32.9 Å². The molecule has 0 bridgehead atoms. The van der Waals surface area contributed by atoms with Gasteiger partial charge in [-0.3, -0.25) is 0 Å². The Morgan fingerprint density at radius 1 is 0.667 bits per heavy atom. The lowest BCUT2D eigenvalue weighted by atomic mass is 10.3. The van der Waals surface area contributed by atoms with Crippen molar-refractivity contribution >= 4 is 11.4 Å². The SMILES string of the molecule is C[N+](C)(C)CCCCOc1ccc(N=Nc2ccc3c(c2)OCCOCCOCCOCCO3)cc1. The number of hydrogen-bond acceptors (Lipinski definition) is 8. The summed E-state index contributed by atoms with van der Waals surface area (Å²) in [7, 11) is 6.61. The van der Waals surface area contributed by atoms with Gasteiger partial charge in [0.2, 0.25) is 0 Å². The number of ether oxygens (including phenoxy) is 6. The third-order valence-corrected chi connectivity index (χ3v) is 5.25. The molecule has 36 heavy (non-hydrogen) atoms. The van der Waals surface area contributed by atoms with Crippen molar-refractivity contribution in [3.63, 3.8) is 0 Å². The monoisotopic (exact) mass is 502 g/mol. The molecule has 9 heteroatoms. The highest BCUT2D eigenvalue weighted by molar-refractivity contribution is 5.52. The summed E-state index contributed by atoms with van der Waals surface area (Å²) in [6, 6.07) is 13.1. The van der Waals surface area contributed by atoms with Gasteiger partial charge in [-0.05, 0) is 49.2 Å². The molecule has 9 nitrogen and oxygen atoms in total. The first-order valence-corrected chi connectivity index (χ1v) is 12.6. The molecule has 3 rings (SSSR count).